The molecule has 0 saturated carbocycles. The zero-order chi connectivity index (χ0) is 20.3. The van der Waals surface area contributed by atoms with Crippen LogP contribution in [0.2, 0.25) is 0 Å². The molecule has 1 amide bonds. The second kappa shape index (κ2) is 7.89. The molecule has 0 aliphatic carbocycles. The zero-order valence-electron chi connectivity index (χ0n) is 15.4. The van der Waals surface area contributed by atoms with E-state index in [2.05, 4.69) is 5.32 Å². The number of benzene rings is 2. The second-order valence-corrected chi connectivity index (χ2v) is 8.31. The number of ether oxygens (including phenoxy) is 3. The average Bonchev–Trinajstić information content (AvgIpc) is 3.11. The fourth-order valence-corrected chi connectivity index (χ4v) is 3.21. The van der Waals surface area contributed by atoms with Crippen LogP contribution >= 0.6 is 0 Å². The van der Waals surface area contributed by atoms with Crippen LogP contribution in [0.1, 0.15) is 21.5 Å². The Morgan fingerprint density at radius 3 is 2.61 bits per heavy atom. The number of rotatable bonds is 6. The summed E-state index contributed by atoms with van der Waals surface area (Å²) < 4.78 is 38.8. The minimum atomic E-state index is -3.46. The fourth-order valence-electron chi connectivity index (χ4n) is 2.56. The van der Waals surface area contributed by atoms with Crippen LogP contribution in [0.4, 0.5) is 0 Å². The van der Waals surface area contributed by atoms with Crippen molar-refractivity contribution in [3.63, 3.8) is 0 Å². The van der Waals surface area contributed by atoms with Crippen LogP contribution in [-0.2, 0) is 25.9 Å². The van der Waals surface area contributed by atoms with Crippen LogP contribution < -0.4 is 14.8 Å². The molecule has 0 radical (unpaired) electrons. The smallest absolute Gasteiger partial charge is 0.338 e. The Balaban J connectivity index is 1.55. The summed E-state index contributed by atoms with van der Waals surface area (Å²) in [5.74, 6) is 0.0132. The van der Waals surface area contributed by atoms with Crippen molar-refractivity contribution in [3.05, 3.63) is 53.1 Å². The predicted molar refractivity (Wildman–Crippen MR) is 99.0 cm³/mol. The highest BCUT2D eigenvalue weighted by atomic mass is 32.2. The highest BCUT2D eigenvalue weighted by Crippen LogP contribution is 2.32. The third kappa shape index (κ3) is 4.61. The van der Waals surface area contributed by atoms with E-state index in [-0.39, 0.29) is 23.8 Å². The maximum atomic E-state index is 12.2. The quantitative estimate of drug-likeness (QED) is 0.727. The number of hydrogen-bond donors (Lipinski definition) is 1. The van der Waals surface area contributed by atoms with Crippen LogP contribution in [0, 0.1) is 6.92 Å². The van der Waals surface area contributed by atoms with Gasteiger partial charge in [-0.25, -0.2) is 13.2 Å². The van der Waals surface area contributed by atoms with Crippen LogP contribution in [0.3, 0.4) is 0 Å². The third-order valence-corrected chi connectivity index (χ3v) is 5.23. The van der Waals surface area contributed by atoms with Gasteiger partial charge in [-0.1, -0.05) is 12.1 Å². The van der Waals surface area contributed by atoms with E-state index in [1.54, 1.807) is 25.1 Å². The van der Waals surface area contributed by atoms with Gasteiger partial charge in [-0.15, -0.1) is 0 Å². The van der Waals surface area contributed by atoms with Crippen molar-refractivity contribution in [2.45, 2.75) is 18.4 Å². The van der Waals surface area contributed by atoms with Crippen LogP contribution in [0.5, 0.6) is 11.5 Å². The Morgan fingerprint density at radius 1 is 1.11 bits per heavy atom. The number of sulfone groups is 1. The van der Waals surface area contributed by atoms with Gasteiger partial charge in [0.1, 0.15) is 0 Å². The summed E-state index contributed by atoms with van der Waals surface area (Å²) >= 11 is 0. The van der Waals surface area contributed by atoms with Gasteiger partial charge in [0.05, 0.1) is 10.5 Å². The van der Waals surface area contributed by atoms with Gasteiger partial charge in [-0.3, -0.25) is 4.79 Å². The van der Waals surface area contributed by atoms with E-state index in [0.717, 1.165) is 11.8 Å². The van der Waals surface area contributed by atoms with Crippen molar-refractivity contribution < 1.29 is 32.2 Å². The highest BCUT2D eigenvalue weighted by molar-refractivity contribution is 7.90. The van der Waals surface area contributed by atoms with Crippen molar-refractivity contribution in [3.8, 4) is 11.5 Å². The van der Waals surface area contributed by atoms with Crippen molar-refractivity contribution in [2.75, 3.05) is 19.7 Å². The minimum Gasteiger partial charge on any atom is -0.454 e. The van der Waals surface area contributed by atoms with Crippen LogP contribution in [-0.4, -0.2) is 39.9 Å². The third-order valence-electron chi connectivity index (χ3n) is 4.12. The highest BCUT2D eigenvalue weighted by Gasteiger charge is 2.17. The first kappa shape index (κ1) is 19.7. The summed E-state index contributed by atoms with van der Waals surface area (Å²) in [4.78, 5) is 24.2. The summed E-state index contributed by atoms with van der Waals surface area (Å²) in [6.45, 7) is 1.57. The molecule has 1 heterocycles. The number of amides is 1. The van der Waals surface area contributed by atoms with Crippen LogP contribution in [0.25, 0.3) is 0 Å². The molecular weight excluding hydrogens is 386 g/mol. The predicted octanol–water partition coefficient (Wildman–Crippen LogP) is 1.60. The maximum Gasteiger partial charge on any atom is 0.338 e. The molecule has 0 bridgehead atoms. The first-order valence-electron chi connectivity index (χ1n) is 8.37. The lowest BCUT2D eigenvalue weighted by atomic mass is 10.1. The van der Waals surface area contributed by atoms with Crippen LogP contribution in [0.15, 0.2) is 41.3 Å². The Hall–Kier alpha value is -3.07. The number of carbonyl (C=O) groups is 2. The van der Waals surface area contributed by atoms with E-state index in [9.17, 15) is 18.0 Å². The molecule has 0 unspecified atom stereocenters. The summed E-state index contributed by atoms with van der Waals surface area (Å²) in [7, 11) is -3.46. The molecule has 1 aliphatic heterocycles. The summed E-state index contributed by atoms with van der Waals surface area (Å²) in [6.07, 6.45) is 1.05. The Morgan fingerprint density at radius 2 is 1.86 bits per heavy atom. The molecule has 8 nitrogen and oxygen atoms in total. The van der Waals surface area contributed by atoms with E-state index < -0.39 is 28.3 Å². The molecule has 0 fully saturated rings. The zero-order valence-corrected chi connectivity index (χ0v) is 16.2. The lowest BCUT2D eigenvalue weighted by Gasteiger charge is -2.09. The Labute approximate surface area is 162 Å². The number of carbonyl (C=O) groups excluding carboxylic acids is 2. The summed E-state index contributed by atoms with van der Waals surface area (Å²) in [5, 5.41) is 2.64. The minimum absolute atomic E-state index is 0.0114. The van der Waals surface area contributed by atoms with Gasteiger partial charge in [0, 0.05) is 12.8 Å². The second-order valence-electron chi connectivity index (χ2n) is 6.29. The van der Waals surface area contributed by atoms with Gasteiger partial charge in [0.25, 0.3) is 5.91 Å². The molecule has 9 heteroatoms. The van der Waals surface area contributed by atoms with Crippen molar-refractivity contribution in [2.24, 2.45) is 0 Å². The SMILES string of the molecule is Cc1ccc(S(C)(=O)=O)cc1C(=O)OCC(=O)NCc1ccc2c(c1)OCO2. The Kier molecular flexibility index (Phi) is 5.55. The fraction of sp³-hybridized carbons (Fsp3) is 0.263. The van der Waals surface area contributed by atoms with Gasteiger partial charge >= 0.3 is 5.97 Å². The van der Waals surface area contributed by atoms with E-state index in [0.29, 0.717) is 17.1 Å². The van der Waals surface area contributed by atoms with Crippen molar-refractivity contribution in [1.29, 1.82) is 0 Å². The average molecular weight is 405 g/mol. The van der Waals surface area contributed by atoms with Gasteiger partial charge in [0.15, 0.2) is 27.9 Å². The number of fused-ring (bicyclic) bond motifs is 1. The molecule has 2 aromatic carbocycles. The lowest BCUT2D eigenvalue weighted by molar-refractivity contribution is -0.124. The van der Waals surface area contributed by atoms with Gasteiger partial charge in [-0.2, -0.15) is 0 Å². The lowest BCUT2D eigenvalue weighted by Crippen LogP contribution is -2.28. The molecule has 28 heavy (non-hydrogen) atoms. The number of aryl methyl sites for hydroxylation is 1. The first-order valence-corrected chi connectivity index (χ1v) is 10.3. The molecule has 0 spiro atoms. The van der Waals surface area contributed by atoms with Gasteiger partial charge in [-0.05, 0) is 42.3 Å². The molecular formula is C19H19NO7S. The first-order chi connectivity index (χ1) is 13.2. The molecule has 148 valence electrons. The standard InChI is InChI=1S/C19H19NO7S/c1-12-3-5-14(28(2,23)24)8-15(12)19(22)25-10-18(21)20-9-13-4-6-16-17(7-13)27-11-26-16/h3-8H,9-11H2,1-2H3,(H,20,21). The largest absolute Gasteiger partial charge is 0.454 e. The molecule has 0 saturated heterocycles. The van der Waals surface area contributed by atoms with E-state index >= 15 is 0 Å². The van der Waals surface area contributed by atoms with E-state index in [4.69, 9.17) is 14.2 Å². The van der Waals surface area contributed by atoms with Crippen molar-refractivity contribution in [1.82, 2.24) is 5.32 Å². The molecule has 0 atom stereocenters. The molecule has 0 aromatic heterocycles. The monoisotopic (exact) mass is 405 g/mol. The molecule has 3 rings (SSSR count). The summed E-state index contributed by atoms with van der Waals surface area (Å²) in [5.41, 5.74) is 1.46. The van der Waals surface area contributed by atoms with E-state index in [1.807, 2.05) is 0 Å². The van der Waals surface area contributed by atoms with Gasteiger partial charge < -0.3 is 19.5 Å². The maximum absolute atomic E-state index is 12.2. The summed E-state index contributed by atoms with van der Waals surface area (Å²) in [6, 6.07) is 9.49. The number of hydrogen-bond acceptors (Lipinski definition) is 7. The number of esters is 1. The molecule has 2 aromatic rings. The van der Waals surface area contributed by atoms with Gasteiger partial charge in [0.2, 0.25) is 6.79 Å². The number of nitrogens with one attached hydrogen (secondary N) is 1. The molecule has 1 N–H and O–H groups in total. The van der Waals surface area contributed by atoms with Crippen molar-refractivity contribution >= 4 is 21.7 Å². The molecule has 1 aliphatic rings. The van der Waals surface area contributed by atoms with E-state index in [1.165, 1.54) is 18.2 Å². The Bertz CT molecular complexity index is 1030. The topological polar surface area (TPSA) is 108 Å². The normalized spacial score (nSPS) is 12.5.